The summed E-state index contributed by atoms with van der Waals surface area (Å²) < 4.78 is 6.22. The largest absolute Gasteiger partial charge is 0.455 e. The van der Waals surface area contributed by atoms with E-state index < -0.39 is 0 Å². The second-order valence-corrected chi connectivity index (χ2v) is 5.09. The highest BCUT2D eigenvalue weighted by Gasteiger charge is 2.33. The van der Waals surface area contributed by atoms with Crippen LogP contribution in [0.2, 0.25) is 0 Å². The number of anilines is 1. The van der Waals surface area contributed by atoms with Gasteiger partial charge in [0, 0.05) is 24.5 Å². The van der Waals surface area contributed by atoms with Gasteiger partial charge in [0.2, 0.25) is 0 Å². The maximum Gasteiger partial charge on any atom is 0.175 e. The van der Waals surface area contributed by atoms with Gasteiger partial charge in [-0.1, -0.05) is 0 Å². The Kier molecular flexibility index (Phi) is 2.10. The minimum Gasteiger partial charge on any atom is -0.455 e. The molecule has 15 heavy (non-hydrogen) atoms. The molecule has 0 bridgehead atoms. The Bertz CT molecular complexity index is 480. The summed E-state index contributed by atoms with van der Waals surface area (Å²) in [4.78, 5) is 6.58. The van der Waals surface area contributed by atoms with Crippen LogP contribution in [-0.2, 0) is 0 Å². The Balaban J connectivity index is 2.11. The van der Waals surface area contributed by atoms with Gasteiger partial charge in [-0.05, 0) is 15.9 Å². The van der Waals surface area contributed by atoms with Crippen molar-refractivity contribution in [2.45, 2.75) is 5.92 Å². The van der Waals surface area contributed by atoms with E-state index in [1.54, 1.807) is 17.6 Å². The first kappa shape index (κ1) is 9.42. The van der Waals surface area contributed by atoms with Gasteiger partial charge in [0.1, 0.15) is 6.26 Å². The minimum absolute atomic E-state index is 0.337. The number of thiazole rings is 1. The number of rotatable bonds is 1. The molecular formula is C10H9BrN2OS. The maximum absolute atomic E-state index is 5.39. The molecular weight excluding hydrogens is 276 g/mol. The Morgan fingerprint density at radius 1 is 1.67 bits per heavy atom. The van der Waals surface area contributed by atoms with E-state index in [0.29, 0.717) is 5.92 Å². The summed E-state index contributed by atoms with van der Waals surface area (Å²) >= 11 is 5.09. The molecule has 2 aromatic rings. The highest BCUT2D eigenvalue weighted by atomic mass is 79.9. The van der Waals surface area contributed by atoms with Gasteiger partial charge in [0.15, 0.2) is 4.67 Å². The van der Waals surface area contributed by atoms with Crippen LogP contribution in [0.4, 0.5) is 5.69 Å². The van der Waals surface area contributed by atoms with E-state index in [1.807, 2.05) is 5.51 Å². The summed E-state index contributed by atoms with van der Waals surface area (Å²) in [6.45, 7) is 0.976. The van der Waals surface area contributed by atoms with E-state index in [-0.39, 0.29) is 0 Å². The molecule has 0 aromatic carbocycles. The molecule has 0 N–H and O–H groups in total. The average Bonchev–Trinajstić information content (AvgIpc) is 2.86. The molecule has 1 atom stereocenters. The summed E-state index contributed by atoms with van der Waals surface area (Å²) in [6.07, 6.45) is 1.80. The van der Waals surface area contributed by atoms with Gasteiger partial charge in [-0.3, -0.25) is 0 Å². The third-order valence-electron chi connectivity index (χ3n) is 2.79. The molecule has 3 heterocycles. The predicted octanol–water partition coefficient (Wildman–Crippen LogP) is 3.08. The molecule has 1 aliphatic rings. The predicted molar refractivity (Wildman–Crippen MR) is 63.6 cm³/mol. The third-order valence-corrected chi connectivity index (χ3v) is 4.01. The van der Waals surface area contributed by atoms with Crippen LogP contribution in [0.15, 0.2) is 26.2 Å². The van der Waals surface area contributed by atoms with Gasteiger partial charge in [-0.15, -0.1) is 11.3 Å². The monoisotopic (exact) mass is 284 g/mol. The lowest BCUT2D eigenvalue weighted by Gasteiger charge is -2.11. The van der Waals surface area contributed by atoms with E-state index in [1.165, 1.54) is 11.3 Å². The Morgan fingerprint density at radius 2 is 2.53 bits per heavy atom. The van der Waals surface area contributed by atoms with E-state index in [4.69, 9.17) is 4.42 Å². The Hall–Kier alpha value is -0.810. The zero-order valence-corrected chi connectivity index (χ0v) is 10.5. The molecule has 0 amide bonds. The topological polar surface area (TPSA) is 29.3 Å². The number of aromatic nitrogens is 1. The molecule has 0 radical (unpaired) electrons. The average molecular weight is 285 g/mol. The lowest BCUT2D eigenvalue weighted by molar-refractivity contribution is 0.530. The second kappa shape index (κ2) is 3.35. The number of furan rings is 1. The first-order valence-corrected chi connectivity index (χ1v) is 6.37. The van der Waals surface area contributed by atoms with Crippen LogP contribution in [0, 0.1) is 0 Å². The number of likely N-dealkylation sites (N-methyl/N-ethyl adjacent to an activating group) is 1. The molecule has 5 heteroatoms. The van der Waals surface area contributed by atoms with Gasteiger partial charge in [-0.25, -0.2) is 4.98 Å². The lowest BCUT2D eigenvalue weighted by Crippen LogP contribution is -2.16. The maximum atomic E-state index is 5.39. The molecule has 78 valence electrons. The fourth-order valence-corrected chi connectivity index (χ4v) is 3.23. The number of nitrogens with zero attached hydrogens (tertiary/aromatic N) is 2. The number of hydrogen-bond donors (Lipinski definition) is 0. The highest BCUT2D eigenvalue weighted by Crippen LogP contribution is 2.44. The Morgan fingerprint density at radius 3 is 3.27 bits per heavy atom. The van der Waals surface area contributed by atoms with Crippen molar-refractivity contribution >= 4 is 33.0 Å². The standard InChI is InChI=1S/C10H9BrN2OS/c1-13-2-6(7-4-15-5-12-7)9-8(13)3-14-10(9)11/h3-6H,2H2,1H3. The summed E-state index contributed by atoms with van der Waals surface area (Å²) in [5, 5.41) is 2.10. The van der Waals surface area contributed by atoms with Gasteiger partial charge < -0.3 is 9.32 Å². The van der Waals surface area contributed by atoms with Crippen LogP contribution < -0.4 is 4.90 Å². The first-order valence-electron chi connectivity index (χ1n) is 4.63. The molecule has 1 unspecified atom stereocenters. The molecule has 0 fully saturated rings. The summed E-state index contributed by atoms with van der Waals surface area (Å²) in [7, 11) is 2.08. The molecule has 0 saturated carbocycles. The SMILES string of the molecule is CN1CC(c2cscn2)c2c1coc2Br. The quantitative estimate of drug-likeness (QED) is 0.806. The highest BCUT2D eigenvalue weighted by molar-refractivity contribution is 9.10. The normalized spacial score (nSPS) is 19.6. The van der Waals surface area contributed by atoms with Crippen LogP contribution in [0.1, 0.15) is 17.2 Å². The first-order chi connectivity index (χ1) is 7.27. The molecule has 0 spiro atoms. The molecule has 3 nitrogen and oxygen atoms in total. The third kappa shape index (κ3) is 1.33. The van der Waals surface area contributed by atoms with Crippen LogP contribution in [0.5, 0.6) is 0 Å². The van der Waals surface area contributed by atoms with Crippen molar-refractivity contribution in [3.05, 3.63) is 33.1 Å². The summed E-state index contributed by atoms with van der Waals surface area (Å²) in [5.41, 5.74) is 5.40. The van der Waals surface area contributed by atoms with Crippen molar-refractivity contribution in [1.29, 1.82) is 0 Å². The van der Waals surface area contributed by atoms with Gasteiger partial charge in [-0.2, -0.15) is 0 Å². The fourth-order valence-electron chi connectivity index (χ4n) is 2.05. The van der Waals surface area contributed by atoms with E-state index in [2.05, 4.69) is 38.2 Å². The van der Waals surface area contributed by atoms with Gasteiger partial charge >= 0.3 is 0 Å². The van der Waals surface area contributed by atoms with Crippen molar-refractivity contribution in [2.24, 2.45) is 0 Å². The van der Waals surface area contributed by atoms with E-state index in [9.17, 15) is 0 Å². The molecule has 3 rings (SSSR count). The second-order valence-electron chi connectivity index (χ2n) is 3.65. The summed E-state index contributed by atoms with van der Waals surface area (Å²) in [6, 6.07) is 0. The number of hydrogen-bond acceptors (Lipinski definition) is 4. The molecule has 0 aliphatic carbocycles. The number of fused-ring (bicyclic) bond motifs is 1. The zero-order valence-electron chi connectivity index (χ0n) is 8.11. The zero-order chi connectivity index (χ0) is 10.4. The van der Waals surface area contributed by atoms with Gasteiger partial charge in [0.25, 0.3) is 0 Å². The molecule has 1 aliphatic heterocycles. The van der Waals surface area contributed by atoms with E-state index >= 15 is 0 Å². The van der Waals surface area contributed by atoms with Crippen molar-refractivity contribution in [2.75, 3.05) is 18.5 Å². The molecule has 0 saturated heterocycles. The molecule has 2 aromatic heterocycles. The van der Waals surface area contributed by atoms with Crippen molar-refractivity contribution in [3.63, 3.8) is 0 Å². The summed E-state index contributed by atoms with van der Waals surface area (Å²) in [5.74, 6) is 0.337. The fraction of sp³-hybridized carbons (Fsp3) is 0.300. The number of halogens is 1. The minimum atomic E-state index is 0.337. The smallest absolute Gasteiger partial charge is 0.175 e. The van der Waals surface area contributed by atoms with Crippen LogP contribution in [0.3, 0.4) is 0 Å². The van der Waals surface area contributed by atoms with Gasteiger partial charge in [0.05, 0.1) is 22.8 Å². The van der Waals surface area contributed by atoms with Crippen LogP contribution >= 0.6 is 27.3 Å². The lowest BCUT2D eigenvalue weighted by atomic mass is 10.0. The van der Waals surface area contributed by atoms with Crippen molar-refractivity contribution in [1.82, 2.24) is 4.98 Å². The Labute approximate surface area is 99.9 Å². The van der Waals surface area contributed by atoms with Crippen LogP contribution in [0.25, 0.3) is 0 Å². The van der Waals surface area contributed by atoms with E-state index in [0.717, 1.165) is 16.9 Å². The van der Waals surface area contributed by atoms with Crippen molar-refractivity contribution in [3.8, 4) is 0 Å². The van der Waals surface area contributed by atoms with Crippen molar-refractivity contribution < 1.29 is 4.42 Å². The van der Waals surface area contributed by atoms with Crippen LogP contribution in [-0.4, -0.2) is 18.6 Å².